The molecule has 0 unspecified atom stereocenters. The van der Waals surface area contributed by atoms with E-state index in [1.807, 2.05) is 0 Å². The van der Waals surface area contributed by atoms with Gasteiger partial charge in [0.2, 0.25) is 5.95 Å². The minimum absolute atomic E-state index is 0.0788. The van der Waals surface area contributed by atoms with Crippen LogP contribution < -0.4 is 11.1 Å². The molecule has 1 aromatic heterocycles. The van der Waals surface area contributed by atoms with Gasteiger partial charge >= 0.3 is 5.97 Å². The lowest BCUT2D eigenvalue weighted by Crippen LogP contribution is -2.41. The number of esters is 1. The topological polar surface area (TPSA) is 121 Å². The third-order valence-electron chi connectivity index (χ3n) is 2.80. The van der Waals surface area contributed by atoms with Crippen LogP contribution in [-0.4, -0.2) is 52.5 Å². The average molecular weight is 283 g/mol. The molecule has 1 aliphatic heterocycles. The predicted molar refractivity (Wildman–Crippen MR) is 67.4 cm³/mol. The lowest BCUT2D eigenvalue weighted by molar-refractivity contribution is -0.149. The smallest absolute Gasteiger partial charge is 0.328 e. The fourth-order valence-corrected chi connectivity index (χ4v) is 1.82. The molecule has 0 radical (unpaired) electrons. The van der Waals surface area contributed by atoms with Gasteiger partial charge in [-0.1, -0.05) is 0 Å². The van der Waals surface area contributed by atoms with Crippen molar-refractivity contribution in [1.82, 2.24) is 20.1 Å². The van der Waals surface area contributed by atoms with E-state index in [1.165, 1.54) is 11.0 Å². The molecule has 1 fully saturated rings. The first kappa shape index (κ1) is 14.3. The third kappa shape index (κ3) is 4.50. The van der Waals surface area contributed by atoms with Crippen LogP contribution in [0.15, 0.2) is 6.33 Å². The van der Waals surface area contributed by atoms with Gasteiger partial charge < -0.3 is 20.5 Å². The summed E-state index contributed by atoms with van der Waals surface area (Å²) >= 11 is 0. The minimum atomic E-state index is -0.572. The van der Waals surface area contributed by atoms with Crippen molar-refractivity contribution in [2.45, 2.75) is 25.4 Å². The van der Waals surface area contributed by atoms with Gasteiger partial charge in [0.05, 0.1) is 0 Å². The third-order valence-corrected chi connectivity index (χ3v) is 2.80. The second kappa shape index (κ2) is 6.85. The van der Waals surface area contributed by atoms with Gasteiger partial charge in [0.15, 0.2) is 6.61 Å². The highest BCUT2D eigenvalue weighted by Gasteiger charge is 2.17. The molecule has 0 aliphatic carbocycles. The number of rotatable bonds is 5. The molecule has 1 saturated heterocycles. The van der Waals surface area contributed by atoms with Gasteiger partial charge in [-0.15, -0.1) is 5.10 Å². The van der Waals surface area contributed by atoms with Gasteiger partial charge in [-0.3, -0.25) is 9.59 Å². The molecule has 2 heterocycles. The van der Waals surface area contributed by atoms with Crippen molar-refractivity contribution in [3.8, 4) is 0 Å². The summed E-state index contributed by atoms with van der Waals surface area (Å²) in [5.41, 5.74) is 5.31. The number of nitrogens with zero attached hydrogens (tertiary/aromatic N) is 3. The average Bonchev–Trinajstić information content (AvgIpc) is 2.83. The Labute approximate surface area is 115 Å². The summed E-state index contributed by atoms with van der Waals surface area (Å²) in [6, 6.07) is 0.0880. The molecule has 9 heteroatoms. The number of carbonyl (C=O) groups excluding carboxylic acids is 2. The molecule has 0 saturated carbocycles. The number of amides is 1. The Morgan fingerprint density at radius 2 is 2.25 bits per heavy atom. The van der Waals surface area contributed by atoms with E-state index in [0.717, 1.165) is 12.8 Å². The van der Waals surface area contributed by atoms with Gasteiger partial charge in [0.1, 0.15) is 12.9 Å². The highest BCUT2D eigenvalue weighted by molar-refractivity contribution is 5.80. The van der Waals surface area contributed by atoms with Crippen LogP contribution in [0.25, 0.3) is 0 Å². The number of nitrogen functional groups attached to an aromatic ring is 1. The van der Waals surface area contributed by atoms with Crippen LogP contribution in [0.3, 0.4) is 0 Å². The minimum Gasteiger partial charge on any atom is -0.454 e. The van der Waals surface area contributed by atoms with Gasteiger partial charge in [0.25, 0.3) is 5.91 Å². The Morgan fingerprint density at radius 1 is 1.50 bits per heavy atom. The van der Waals surface area contributed by atoms with Crippen LogP contribution in [0.2, 0.25) is 0 Å². The number of ether oxygens (including phenoxy) is 2. The standard InChI is InChI=1S/C11H17N5O4/c12-11-13-7-16(15-11)5-10(18)20-6-9(17)14-8-1-3-19-4-2-8/h7-8H,1-6H2,(H2,12,15)(H,14,17). The summed E-state index contributed by atoms with van der Waals surface area (Å²) in [6.45, 7) is 0.839. The largest absolute Gasteiger partial charge is 0.454 e. The van der Waals surface area contributed by atoms with Crippen LogP contribution >= 0.6 is 0 Å². The van der Waals surface area contributed by atoms with Crippen molar-refractivity contribution in [2.75, 3.05) is 25.6 Å². The lowest BCUT2D eigenvalue weighted by atomic mass is 10.1. The van der Waals surface area contributed by atoms with Crippen LogP contribution in [0, 0.1) is 0 Å². The predicted octanol–water partition coefficient (Wildman–Crippen LogP) is -1.30. The summed E-state index contributed by atoms with van der Waals surface area (Å²) in [5, 5.41) is 6.53. The normalized spacial score (nSPS) is 15.8. The van der Waals surface area contributed by atoms with Crippen LogP contribution in [-0.2, 0) is 25.6 Å². The molecule has 1 aromatic rings. The number of carbonyl (C=O) groups is 2. The van der Waals surface area contributed by atoms with E-state index in [-0.39, 0.29) is 31.0 Å². The Morgan fingerprint density at radius 3 is 2.90 bits per heavy atom. The SMILES string of the molecule is Nc1ncn(CC(=O)OCC(=O)NC2CCOCC2)n1. The van der Waals surface area contributed by atoms with Crippen LogP contribution in [0.1, 0.15) is 12.8 Å². The Kier molecular flexibility index (Phi) is 4.88. The number of nitrogens with one attached hydrogen (secondary N) is 1. The van der Waals surface area contributed by atoms with Gasteiger partial charge in [-0.25, -0.2) is 9.67 Å². The second-order valence-electron chi connectivity index (χ2n) is 4.42. The zero-order valence-corrected chi connectivity index (χ0v) is 10.9. The highest BCUT2D eigenvalue weighted by atomic mass is 16.5. The highest BCUT2D eigenvalue weighted by Crippen LogP contribution is 2.05. The molecule has 1 amide bonds. The van der Waals surface area contributed by atoms with Crippen molar-refractivity contribution >= 4 is 17.8 Å². The molecule has 20 heavy (non-hydrogen) atoms. The zero-order valence-electron chi connectivity index (χ0n) is 10.9. The fraction of sp³-hybridized carbons (Fsp3) is 0.636. The summed E-state index contributed by atoms with van der Waals surface area (Å²) in [4.78, 5) is 26.7. The van der Waals surface area contributed by atoms with E-state index < -0.39 is 5.97 Å². The summed E-state index contributed by atoms with van der Waals surface area (Å²) < 4.78 is 11.3. The Hall–Kier alpha value is -2.16. The zero-order chi connectivity index (χ0) is 14.4. The molecule has 9 nitrogen and oxygen atoms in total. The van der Waals surface area contributed by atoms with E-state index in [1.54, 1.807) is 0 Å². The number of nitrogens with two attached hydrogens (primary N) is 1. The quantitative estimate of drug-likeness (QED) is 0.644. The summed E-state index contributed by atoms with van der Waals surface area (Å²) in [6.07, 6.45) is 2.87. The summed E-state index contributed by atoms with van der Waals surface area (Å²) in [7, 11) is 0. The first-order chi connectivity index (χ1) is 9.63. The number of hydrogen-bond acceptors (Lipinski definition) is 7. The molecule has 0 bridgehead atoms. The van der Waals surface area contributed by atoms with Crippen molar-refractivity contribution in [2.24, 2.45) is 0 Å². The van der Waals surface area contributed by atoms with E-state index in [0.29, 0.717) is 13.2 Å². The van der Waals surface area contributed by atoms with Gasteiger partial charge in [-0.05, 0) is 12.8 Å². The molecule has 1 aliphatic rings. The molecule has 0 atom stereocenters. The van der Waals surface area contributed by atoms with Crippen molar-refractivity contribution in [3.05, 3.63) is 6.33 Å². The fourth-order valence-electron chi connectivity index (χ4n) is 1.82. The maximum Gasteiger partial charge on any atom is 0.328 e. The number of anilines is 1. The van der Waals surface area contributed by atoms with Crippen LogP contribution in [0.4, 0.5) is 5.95 Å². The van der Waals surface area contributed by atoms with E-state index in [2.05, 4.69) is 15.4 Å². The molecule has 0 spiro atoms. The monoisotopic (exact) mass is 283 g/mol. The molecular formula is C11H17N5O4. The molecular weight excluding hydrogens is 266 g/mol. The number of aromatic nitrogens is 3. The first-order valence-corrected chi connectivity index (χ1v) is 6.31. The molecule has 0 aromatic carbocycles. The van der Waals surface area contributed by atoms with E-state index in [4.69, 9.17) is 15.2 Å². The maximum absolute atomic E-state index is 11.6. The summed E-state index contributed by atoms with van der Waals surface area (Å²) in [5.74, 6) is -0.810. The van der Waals surface area contributed by atoms with Gasteiger partial charge in [0, 0.05) is 19.3 Å². The molecule has 110 valence electrons. The second-order valence-corrected chi connectivity index (χ2v) is 4.42. The maximum atomic E-state index is 11.6. The van der Waals surface area contributed by atoms with Crippen molar-refractivity contribution in [3.63, 3.8) is 0 Å². The van der Waals surface area contributed by atoms with Crippen molar-refractivity contribution < 1.29 is 19.1 Å². The Bertz CT molecular complexity index is 469. The van der Waals surface area contributed by atoms with Crippen LogP contribution in [0.5, 0.6) is 0 Å². The molecule has 3 N–H and O–H groups in total. The number of hydrogen-bond donors (Lipinski definition) is 2. The molecule has 2 rings (SSSR count). The Balaban J connectivity index is 1.66. The van der Waals surface area contributed by atoms with E-state index in [9.17, 15) is 9.59 Å². The van der Waals surface area contributed by atoms with E-state index >= 15 is 0 Å². The first-order valence-electron chi connectivity index (χ1n) is 6.31. The lowest BCUT2D eigenvalue weighted by Gasteiger charge is -2.22. The van der Waals surface area contributed by atoms with Gasteiger partial charge in [-0.2, -0.15) is 0 Å². The van der Waals surface area contributed by atoms with Crippen molar-refractivity contribution in [1.29, 1.82) is 0 Å².